The minimum Gasteiger partial charge on any atom is -0.487 e. The molecule has 1 aliphatic rings. The van der Waals surface area contributed by atoms with Gasteiger partial charge in [-0.2, -0.15) is 0 Å². The van der Waals surface area contributed by atoms with Crippen LogP contribution in [0.3, 0.4) is 0 Å². The smallest absolute Gasteiger partial charge is 0.276 e. The van der Waals surface area contributed by atoms with E-state index in [4.69, 9.17) is 28.6 Å². The third kappa shape index (κ3) is 4.71. The summed E-state index contributed by atoms with van der Waals surface area (Å²) in [6, 6.07) is 11.3. The third-order valence-corrected chi connectivity index (χ3v) is 5.66. The zero-order valence-corrected chi connectivity index (χ0v) is 19.0. The molecule has 8 heteroatoms. The molecule has 1 amide bonds. The average Bonchev–Trinajstić information content (AvgIpc) is 2.88. The monoisotopic (exact) mass is 528 g/mol. The quantitative estimate of drug-likeness (QED) is 0.408. The Morgan fingerprint density at radius 1 is 1.22 bits per heavy atom. The summed E-state index contributed by atoms with van der Waals surface area (Å²) in [5, 5.41) is 4.07. The Bertz CT molecular complexity index is 909. The number of likely N-dealkylation sites (N-methyl/N-ethyl adjacent to an activating group) is 1. The number of benzene rings is 2. The van der Waals surface area contributed by atoms with Crippen LogP contribution in [0.1, 0.15) is 18.1 Å². The second-order valence-electron chi connectivity index (χ2n) is 5.77. The Hall–Kier alpha value is -1.41. The van der Waals surface area contributed by atoms with Crippen LogP contribution in [-0.2, 0) is 11.4 Å². The van der Waals surface area contributed by atoms with Crippen LogP contribution in [0.2, 0.25) is 5.02 Å². The lowest BCUT2D eigenvalue weighted by Crippen LogP contribution is -2.30. The number of ether oxygens (including phenoxy) is 1. The van der Waals surface area contributed by atoms with E-state index in [0.29, 0.717) is 34.7 Å². The Morgan fingerprint density at radius 3 is 2.41 bits per heavy atom. The van der Waals surface area contributed by atoms with Crippen molar-refractivity contribution in [2.24, 2.45) is 0 Å². The van der Waals surface area contributed by atoms with Crippen LogP contribution in [0.5, 0.6) is 5.75 Å². The first-order valence-electron chi connectivity index (χ1n) is 8.10. The van der Waals surface area contributed by atoms with Crippen molar-refractivity contribution in [3.8, 4) is 5.75 Å². The maximum atomic E-state index is 12.3. The molecule has 1 heterocycles. The molecule has 1 N–H and O–H groups in total. The highest BCUT2D eigenvalue weighted by atomic mass is 79.9. The van der Waals surface area contributed by atoms with Gasteiger partial charge in [0.15, 0.2) is 5.11 Å². The minimum atomic E-state index is -0.127. The molecule has 2 aromatic carbocycles. The molecule has 0 atom stereocenters. The normalized spacial score (nSPS) is 15.4. The summed E-state index contributed by atoms with van der Waals surface area (Å²) in [4.78, 5) is 13.8. The first kappa shape index (κ1) is 20.3. The summed E-state index contributed by atoms with van der Waals surface area (Å²) in [6.07, 6.45) is 1.77. The maximum absolute atomic E-state index is 12.3. The summed E-state index contributed by atoms with van der Waals surface area (Å²) in [5.41, 5.74) is 2.30. The average molecular weight is 531 g/mol. The zero-order valence-electron chi connectivity index (χ0n) is 14.3. The van der Waals surface area contributed by atoms with E-state index >= 15 is 0 Å². The summed E-state index contributed by atoms with van der Waals surface area (Å²) in [5.74, 6) is 0.557. The summed E-state index contributed by atoms with van der Waals surface area (Å²) >= 11 is 18.2. The van der Waals surface area contributed by atoms with Crippen molar-refractivity contribution in [3.05, 3.63) is 67.2 Å². The van der Waals surface area contributed by atoms with Crippen LogP contribution in [0, 0.1) is 0 Å². The number of halogens is 3. The van der Waals surface area contributed by atoms with Crippen LogP contribution >= 0.6 is 55.7 Å². The van der Waals surface area contributed by atoms with Gasteiger partial charge in [0.2, 0.25) is 0 Å². The number of amides is 1. The molecule has 0 bridgehead atoms. The lowest BCUT2D eigenvalue weighted by atomic mass is 10.2. The Kier molecular flexibility index (Phi) is 6.57. The van der Waals surface area contributed by atoms with E-state index in [0.717, 1.165) is 20.1 Å². The van der Waals surface area contributed by atoms with Crippen molar-refractivity contribution in [3.63, 3.8) is 0 Å². The van der Waals surface area contributed by atoms with E-state index < -0.39 is 0 Å². The van der Waals surface area contributed by atoms with Crippen molar-refractivity contribution in [2.45, 2.75) is 13.5 Å². The maximum Gasteiger partial charge on any atom is 0.276 e. The van der Waals surface area contributed by atoms with Gasteiger partial charge in [-0.05, 0) is 92.5 Å². The van der Waals surface area contributed by atoms with Gasteiger partial charge in [0.05, 0.1) is 8.95 Å². The number of nitrogens with one attached hydrogen (secondary N) is 1. The number of nitrogens with zero attached hydrogens (tertiary/aromatic N) is 1. The Balaban J connectivity index is 1.79. The van der Waals surface area contributed by atoms with Crippen LogP contribution in [0.4, 0.5) is 0 Å². The number of carbonyl (C=O) groups is 1. The first-order valence-corrected chi connectivity index (χ1v) is 10.5. The number of thiocarbonyl (C=S) groups is 1. The van der Waals surface area contributed by atoms with Gasteiger partial charge in [0.25, 0.3) is 5.91 Å². The predicted molar refractivity (Wildman–Crippen MR) is 119 cm³/mol. The molecule has 0 aromatic heterocycles. The highest BCUT2D eigenvalue weighted by Gasteiger charge is 2.29. The lowest BCUT2D eigenvalue weighted by Gasteiger charge is -2.12. The largest absolute Gasteiger partial charge is 0.487 e. The topological polar surface area (TPSA) is 41.6 Å². The van der Waals surface area contributed by atoms with Gasteiger partial charge in [-0.1, -0.05) is 23.7 Å². The van der Waals surface area contributed by atoms with Crippen molar-refractivity contribution in [2.75, 3.05) is 6.54 Å². The molecule has 1 fully saturated rings. The van der Waals surface area contributed by atoms with Crippen molar-refractivity contribution in [1.29, 1.82) is 0 Å². The zero-order chi connectivity index (χ0) is 19.6. The van der Waals surface area contributed by atoms with Crippen molar-refractivity contribution >= 4 is 72.8 Å². The predicted octanol–water partition coefficient (Wildman–Crippen LogP) is 5.52. The Labute approximate surface area is 184 Å². The number of hydrogen-bond acceptors (Lipinski definition) is 3. The lowest BCUT2D eigenvalue weighted by molar-refractivity contribution is -0.122. The molecular weight excluding hydrogens is 516 g/mol. The molecule has 0 aliphatic carbocycles. The molecule has 0 unspecified atom stereocenters. The highest BCUT2D eigenvalue weighted by Crippen LogP contribution is 2.36. The van der Waals surface area contributed by atoms with Crippen molar-refractivity contribution < 1.29 is 9.53 Å². The van der Waals surface area contributed by atoms with Crippen LogP contribution < -0.4 is 10.1 Å². The van der Waals surface area contributed by atoms with Gasteiger partial charge >= 0.3 is 0 Å². The number of hydrogen-bond donors (Lipinski definition) is 1. The van der Waals surface area contributed by atoms with Gasteiger partial charge in [-0.3, -0.25) is 9.69 Å². The summed E-state index contributed by atoms with van der Waals surface area (Å²) in [6.45, 7) is 2.83. The molecule has 0 saturated carbocycles. The SMILES string of the molecule is CCN1C(=O)/C(=C/c2cc(Br)c(OCc3ccc(Cl)cc3)c(Br)c2)NC1=S. The molecule has 1 saturated heterocycles. The van der Waals surface area contributed by atoms with Gasteiger partial charge in [-0.15, -0.1) is 0 Å². The van der Waals surface area contributed by atoms with E-state index in [-0.39, 0.29) is 5.91 Å². The van der Waals surface area contributed by atoms with Crippen LogP contribution in [0.25, 0.3) is 6.08 Å². The van der Waals surface area contributed by atoms with E-state index in [1.54, 1.807) is 6.08 Å². The molecule has 0 radical (unpaired) electrons. The third-order valence-electron chi connectivity index (χ3n) is 3.91. The number of rotatable bonds is 5. The fourth-order valence-electron chi connectivity index (χ4n) is 2.56. The van der Waals surface area contributed by atoms with E-state index in [9.17, 15) is 4.79 Å². The summed E-state index contributed by atoms with van der Waals surface area (Å²) < 4.78 is 7.47. The van der Waals surface area contributed by atoms with Crippen molar-refractivity contribution in [1.82, 2.24) is 10.2 Å². The molecule has 2 aromatic rings. The van der Waals surface area contributed by atoms with E-state index in [1.165, 1.54) is 4.90 Å². The van der Waals surface area contributed by atoms with E-state index in [2.05, 4.69) is 37.2 Å². The summed E-state index contributed by atoms with van der Waals surface area (Å²) in [7, 11) is 0. The fraction of sp³-hybridized carbons (Fsp3) is 0.158. The van der Waals surface area contributed by atoms with Gasteiger partial charge in [0, 0.05) is 11.6 Å². The molecule has 4 nitrogen and oxygen atoms in total. The second kappa shape index (κ2) is 8.73. The van der Waals surface area contributed by atoms with Crippen LogP contribution in [0.15, 0.2) is 51.0 Å². The Morgan fingerprint density at radius 2 is 1.85 bits per heavy atom. The molecular formula is C19H15Br2ClN2O2S. The van der Waals surface area contributed by atoms with Crippen LogP contribution in [-0.4, -0.2) is 22.5 Å². The van der Waals surface area contributed by atoms with Gasteiger partial charge in [-0.25, -0.2) is 0 Å². The molecule has 0 spiro atoms. The minimum absolute atomic E-state index is 0.127. The van der Waals surface area contributed by atoms with Gasteiger partial charge in [0.1, 0.15) is 18.1 Å². The van der Waals surface area contributed by atoms with E-state index in [1.807, 2.05) is 43.3 Å². The first-order chi connectivity index (χ1) is 12.9. The molecule has 27 heavy (non-hydrogen) atoms. The number of carbonyl (C=O) groups excluding carboxylic acids is 1. The van der Waals surface area contributed by atoms with Gasteiger partial charge < -0.3 is 10.1 Å². The molecule has 140 valence electrons. The standard InChI is InChI=1S/C19H15Br2ClN2O2S/c1-2-24-18(25)16(23-19(24)27)9-12-7-14(20)17(15(21)8-12)26-10-11-3-5-13(22)6-4-11/h3-9H,2,10H2,1H3,(H,23,27)/b16-9-. The second-order valence-corrected chi connectivity index (χ2v) is 8.30. The molecule has 3 rings (SSSR count). The highest BCUT2D eigenvalue weighted by molar-refractivity contribution is 9.11. The molecule has 1 aliphatic heterocycles. The fourth-order valence-corrected chi connectivity index (χ4v) is 4.46.